The lowest BCUT2D eigenvalue weighted by Gasteiger charge is -2.28. The van der Waals surface area contributed by atoms with E-state index in [1.807, 2.05) is 6.20 Å². The van der Waals surface area contributed by atoms with Crippen LogP contribution in [0.2, 0.25) is 0 Å². The molecule has 1 rings (SSSR count). The van der Waals surface area contributed by atoms with Gasteiger partial charge in [0, 0.05) is 17.8 Å². The highest BCUT2D eigenvalue weighted by Crippen LogP contribution is 2.32. The molecule has 90 valence electrons. The zero-order valence-corrected chi connectivity index (χ0v) is 10.8. The predicted octanol–water partition coefficient (Wildman–Crippen LogP) is 4.90. The smallest absolute Gasteiger partial charge is 0.0224 e. The van der Waals surface area contributed by atoms with Crippen LogP contribution in [0.25, 0.3) is 0 Å². The van der Waals surface area contributed by atoms with Crippen LogP contribution in [0.4, 0.5) is 0 Å². The van der Waals surface area contributed by atoms with Crippen molar-refractivity contribution in [3.63, 3.8) is 0 Å². The minimum atomic E-state index is 0.307. The SMILES string of the molecule is CCCC1(CCC)C=NC=CCCC=CC1. The van der Waals surface area contributed by atoms with Crippen LogP contribution in [-0.4, -0.2) is 6.21 Å². The molecule has 0 fully saturated rings. The maximum Gasteiger partial charge on any atom is 0.0224 e. The summed E-state index contributed by atoms with van der Waals surface area (Å²) in [7, 11) is 0. The number of hydrogen-bond acceptors (Lipinski definition) is 1. The zero-order chi connectivity index (χ0) is 11.7. The number of nitrogens with zero attached hydrogens (tertiary/aromatic N) is 1. The summed E-state index contributed by atoms with van der Waals surface area (Å²) in [6, 6.07) is 0. The van der Waals surface area contributed by atoms with Crippen molar-refractivity contribution < 1.29 is 0 Å². The molecule has 1 nitrogen and oxygen atoms in total. The summed E-state index contributed by atoms with van der Waals surface area (Å²) in [6.07, 6.45) is 19.4. The van der Waals surface area contributed by atoms with E-state index in [0.717, 1.165) is 19.3 Å². The van der Waals surface area contributed by atoms with Crippen LogP contribution in [0.3, 0.4) is 0 Å². The third kappa shape index (κ3) is 4.34. The molecule has 0 N–H and O–H groups in total. The summed E-state index contributed by atoms with van der Waals surface area (Å²) in [4.78, 5) is 4.48. The maximum atomic E-state index is 4.48. The monoisotopic (exact) mass is 219 g/mol. The molecular formula is C15H25N. The molecule has 0 radical (unpaired) electrons. The molecule has 0 amide bonds. The van der Waals surface area contributed by atoms with Crippen LogP contribution in [-0.2, 0) is 0 Å². The molecule has 1 aliphatic heterocycles. The van der Waals surface area contributed by atoms with E-state index in [4.69, 9.17) is 0 Å². The van der Waals surface area contributed by atoms with Gasteiger partial charge in [0.15, 0.2) is 0 Å². The van der Waals surface area contributed by atoms with Crippen LogP contribution in [0.1, 0.15) is 58.8 Å². The van der Waals surface area contributed by atoms with Gasteiger partial charge in [0.2, 0.25) is 0 Å². The fourth-order valence-corrected chi connectivity index (χ4v) is 2.47. The largest absolute Gasteiger partial charge is 0.269 e. The van der Waals surface area contributed by atoms with Gasteiger partial charge >= 0.3 is 0 Å². The highest BCUT2D eigenvalue weighted by molar-refractivity contribution is 5.66. The van der Waals surface area contributed by atoms with Crippen molar-refractivity contribution in [2.24, 2.45) is 10.4 Å². The first-order valence-electron chi connectivity index (χ1n) is 6.67. The third-order valence-electron chi connectivity index (χ3n) is 3.23. The number of hydrogen-bond donors (Lipinski definition) is 0. The molecule has 0 aromatic carbocycles. The van der Waals surface area contributed by atoms with E-state index in [9.17, 15) is 0 Å². The molecule has 16 heavy (non-hydrogen) atoms. The minimum Gasteiger partial charge on any atom is -0.269 e. The van der Waals surface area contributed by atoms with E-state index in [0.29, 0.717) is 5.41 Å². The Morgan fingerprint density at radius 1 is 1.00 bits per heavy atom. The van der Waals surface area contributed by atoms with Crippen LogP contribution in [0, 0.1) is 5.41 Å². The normalized spacial score (nSPS) is 19.9. The lowest BCUT2D eigenvalue weighted by atomic mass is 9.77. The van der Waals surface area contributed by atoms with Crippen LogP contribution in [0.5, 0.6) is 0 Å². The summed E-state index contributed by atoms with van der Waals surface area (Å²) >= 11 is 0. The number of allylic oxidation sites excluding steroid dienone is 3. The molecule has 0 aromatic rings. The molecule has 0 aliphatic carbocycles. The van der Waals surface area contributed by atoms with Crippen molar-refractivity contribution in [1.82, 2.24) is 0 Å². The molecule has 0 saturated carbocycles. The van der Waals surface area contributed by atoms with Crippen molar-refractivity contribution in [2.75, 3.05) is 0 Å². The van der Waals surface area contributed by atoms with E-state index in [-0.39, 0.29) is 0 Å². The van der Waals surface area contributed by atoms with Gasteiger partial charge in [-0.3, -0.25) is 4.99 Å². The van der Waals surface area contributed by atoms with Crippen LogP contribution in [0.15, 0.2) is 29.4 Å². The Morgan fingerprint density at radius 2 is 1.69 bits per heavy atom. The fraction of sp³-hybridized carbons (Fsp3) is 0.667. The van der Waals surface area contributed by atoms with E-state index in [1.54, 1.807) is 0 Å². The molecule has 0 bridgehead atoms. The second-order valence-corrected chi connectivity index (χ2v) is 4.78. The van der Waals surface area contributed by atoms with E-state index < -0.39 is 0 Å². The molecular weight excluding hydrogens is 194 g/mol. The Labute approximate surface area is 100 Å². The molecule has 1 aliphatic rings. The summed E-state index contributed by atoms with van der Waals surface area (Å²) in [5, 5.41) is 0. The molecule has 1 heteroatoms. The first kappa shape index (κ1) is 13.2. The Morgan fingerprint density at radius 3 is 2.38 bits per heavy atom. The molecule has 0 aromatic heterocycles. The first-order chi connectivity index (χ1) is 7.83. The van der Waals surface area contributed by atoms with Gasteiger partial charge in [-0.05, 0) is 32.1 Å². The van der Waals surface area contributed by atoms with Crippen molar-refractivity contribution in [3.05, 3.63) is 24.4 Å². The predicted molar refractivity (Wildman–Crippen MR) is 72.9 cm³/mol. The Balaban J connectivity index is 2.81. The zero-order valence-electron chi connectivity index (χ0n) is 10.8. The van der Waals surface area contributed by atoms with Gasteiger partial charge in [0.1, 0.15) is 0 Å². The molecule has 0 unspecified atom stereocenters. The number of rotatable bonds is 4. The third-order valence-corrected chi connectivity index (χ3v) is 3.23. The van der Waals surface area contributed by atoms with E-state index >= 15 is 0 Å². The van der Waals surface area contributed by atoms with Gasteiger partial charge in [-0.15, -0.1) is 0 Å². The van der Waals surface area contributed by atoms with Gasteiger partial charge in [-0.2, -0.15) is 0 Å². The van der Waals surface area contributed by atoms with Crippen molar-refractivity contribution >= 4 is 6.21 Å². The molecule has 0 saturated heterocycles. The van der Waals surface area contributed by atoms with E-state index in [2.05, 4.69) is 43.3 Å². The molecule has 0 atom stereocenters. The number of aliphatic imine (C=N–C) groups is 1. The van der Waals surface area contributed by atoms with Crippen LogP contribution >= 0.6 is 0 Å². The highest BCUT2D eigenvalue weighted by Gasteiger charge is 2.24. The van der Waals surface area contributed by atoms with Gasteiger partial charge in [0.05, 0.1) is 0 Å². The van der Waals surface area contributed by atoms with Gasteiger partial charge in [0.25, 0.3) is 0 Å². The lowest BCUT2D eigenvalue weighted by Crippen LogP contribution is -2.21. The van der Waals surface area contributed by atoms with Gasteiger partial charge < -0.3 is 0 Å². The lowest BCUT2D eigenvalue weighted by molar-refractivity contribution is 0.360. The Kier molecular flexibility index (Phi) is 6.14. The summed E-state index contributed by atoms with van der Waals surface area (Å²) in [5.74, 6) is 0. The Bertz CT molecular complexity index is 255. The average molecular weight is 219 g/mol. The van der Waals surface area contributed by atoms with Gasteiger partial charge in [-0.25, -0.2) is 0 Å². The second-order valence-electron chi connectivity index (χ2n) is 4.78. The van der Waals surface area contributed by atoms with Gasteiger partial charge in [-0.1, -0.05) is 44.9 Å². The molecule has 1 heterocycles. The quantitative estimate of drug-likeness (QED) is 0.596. The topological polar surface area (TPSA) is 12.4 Å². The summed E-state index contributed by atoms with van der Waals surface area (Å²) in [5.41, 5.74) is 0.307. The van der Waals surface area contributed by atoms with Crippen molar-refractivity contribution in [1.29, 1.82) is 0 Å². The highest BCUT2D eigenvalue weighted by atomic mass is 14.7. The first-order valence-corrected chi connectivity index (χ1v) is 6.67. The maximum absolute atomic E-state index is 4.48. The summed E-state index contributed by atoms with van der Waals surface area (Å²) in [6.45, 7) is 4.54. The van der Waals surface area contributed by atoms with Crippen molar-refractivity contribution in [2.45, 2.75) is 58.8 Å². The Hall–Kier alpha value is -0.850. The summed E-state index contributed by atoms with van der Waals surface area (Å²) < 4.78 is 0. The van der Waals surface area contributed by atoms with Crippen LogP contribution < -0.4 is 0 Å². The average Bonchev–Trinajstić information content (AvgIpc) is 2.28. The fourth-order valence-electron chi connectivity index (χ4n) is 2.47. The minimum absolute atomic E-state index is 0.307. The second kappa shape index (κ2) is 7.43. The standard InChI is InChI=1S/C15H25N/c1-3-10-15(11-4-2)12-8-6-5-7-9-13-16-14-15/h6,8-9,13-14H,3-5,7,10-12H2,1-2H3. The molecule has 0 spiro atoms. The van der Waals surface area contributed by atoms with E-state index in [1.165, 1.54) is 25.7 Å². The van der Waals surface area contributed by atoms with Crippen molar-refractivity contribution in [3.8, 4) is 0 Å².